The van der Waals surface area contributed by atoms with Gasteiger partial charge in [0.25, 0.3) is 0 Å². The van der Waals surface area contributed by atoms with E-state index in [2.05, 4.69) is 47.6 Å². The Labute approximate surface area is 160 Å². The largest absolute Gasteiger partial charge is 0.294 e. The first-order chi connectivity index (χ1) is 12.0. The lowest BCUT2D eigenvalue weighted by molar-refractivity contribution is -0.0983. The van der Waals surface area contributed by atoms with Crippen molar-refractivity contribution in [1.29, 1.82) is 0 Å². The summed E-state index contributed by atoms with van der Waals surface area (Å²) in [5.74, 6) is 1.77. The Balaban J connectivity index is 1.90. The van der Waals surface area contributed by atoms with Crippen LogP contribution < -0.4 is 0 Å². The number of ketones is 1. The van der Waals surface area contributed by atoms with Crippen LogP contribution in [0.4, 0.5) is 0 Å². The lowest BCUT2D eigenvalue weighted by atomic mass is 9.43. The third-order valence-corrected chi connectivity index (χ3v) is 9.07. The Kier molecular flexibility index (Phi) is 3.83. The number of hydrogen-bond acceptors (Lipinski definition) is 1. The molecule has 4 atom stereocenters. The Morgan fingerprint density at radius 2 is 1.73 bits per heavy atom. The first-order valence-electron chi connectivity index (χ1n) is 10.7. The summed E-state index contributed by atoms with van der Waals surface area (Å²) in [6.07, 6.45) is 7.84. The number of fused-ring (bicyclic) bond motifs is 5. The molecule has 1 unspecified atom stereocenters. The van der Waals surface area contributed by atoms with Gasteiger partial charge in [0.1, 0.15) is 0 Å². The summed E-state index contributed by atoms with van der Waals surface area (Å²) in [5, 5.41) is 0. The van der Waals surface area contributed by atoms with Gasteiger partial charge in [0.2, 0.25) is 0 Å². The van der Waals surface area contributed by atoms with E-state index in [1.165, 1.54) is 60.8 Å². The summed E-state index contributed by atoms with van der Waals surface area (Å²) in [7, 11) is 0. The van der Waals surface area contributed by atoms with Gasteiger partial charge in [0.15, 0.2) is 5.78 Å². The Hall–Kier alpha value is -1.11. The maximum Gasteiger partial charge on any atom is 0.160 e. The number of carbonyl (C=O) groups is 1. The number of carbonyl (C=O) groups excluding carboxylic acids is 1. The van der Waals surface area contributed by atoms with E-state index < -0.39 is 0 Å². The summed E-state index contributed by atoms with van der Waals surface area (Å²) < 4.78 is 0. The first kappa shape index (κ1) is 18.3. The third kappa shape index (κ3) is 2.18. The molecule has 0 bridgehead atoms. The van der Waals surface area contributed by atoms with Crippen molar-refractivity contribution in [1.82, 2.24) is 0 Å². The van der Waals surface area contributed by atoms with Crippen molar-refractivity contribution < 1.29 is 4.79 Å². The van der Waals surface area contributed by atoms with Gasteiger partial charge in [0, 0.05) is 5.56 Å². The third-order valence-electron chi connectivity index (χ3n) is 9.07. The molecule has 3 aliphatic carbocycles. The molecule has 0 radical (unpaired) electrons. The van der Waals surface area contributed by atoms with Gasteiger partial charge in [-0.05, 0) is 103 Å². The zero-order valence-corrected chi connectivity index (χ0v) is 17.9. The SMILES string of the molecule is CC(=O)c1c(C)c(C)cc2c1[C@]1(C)CCC3C(C)(C)CCC[C@]3(C)[C@H]1C2. The van der Waals surface area contributed by atoms with Gasteiger partial charge in [-0.3, -0.25) is 4.79 Å². The minimum absolute atomic E-state index is 0.174. The molecule has 26 heavy (non-hydrogen) atoms. The van der Waals surface area contributed by atoms with E-state index in [9.17, 15) is 4.79 Å². The van der Waals surface area contributed by atoms with Gasteiger partial charge < -0.3 is 0 Å². The second kappa shape index (κ2) is 5.46. The van der Waals surface area contributed by atoms with Crippen LogP contribution in [0.25, 0.3) is 0 Å². The number of aryl methyl sites for hydroxylation is 1. The second-order valence-corrected chi connectivity index (χ2v) is 10.9. The standard InChI is InChI=1S/C25H36O/c1-15-13-18-14-20-24(6)11-8-10-23(4,5)19(24)9-12-25(20,7)22(18)21(16(15)2)17(3)26/h13,19-20H,8-12,14H2,1-7H3/t19?,20-,24+,25-/m1/s1. The summed E-state index contributed by atoms with van der Waals surface area (Å²) in [4.78, 5) is 12.7. The van der Waals surface area contributed by atoms with Crippen molar-refractivity contribution in [2.75, 3.05) is 0 Å². The average Bonchev–Trinajstić information content (AvgIpc) is 2.81. The number of rotatable bonds is 1. The maximum atomic E-state index is 12.7. The van der Waals surface area contributed by atoms with Crippen LogP contribution in [0.1, 0.15) is 99.3 Å². The molecule has 1 heteroatoms. The second-order valence-electron chi connectivity index (χ2n) is 10.9. The fourth-order valence-corrected chi connectivity index (χ4v) is 7.87. The molecule has 0 aliphatic heterocycles. The van der Waals surface area contributed by atoms with Crippen molar-refractivity contribution in [3.8, 4) is 0 Å². The topological polar surface area (TPSA) is 17.1 Å². The maximum absolute atomic E-state index is 12.7. The van der Waals surface area contributed by atoms with Gasteiger partial charge in [-0.25, -0.2) is 0 Å². The molecule has 1 aromatic carbocycles. The van der Waals surface area contributed by atoms with Crippen molar-refractivity contribution in [3.05, 3.63) is 33.9 Å². The molecule has 1 nitrogen and oxygen atoms in total. The average molecular weight is 353 g/mol. The molecule has 1 aromatic rings. The molecular weight excluding hydrogens is 316 g/mol. The lowest BCUT2D eigenvalue weighted by Gasteiger charge is -2.61. The fourth-order valence-electron chi connectivity index (χ4n) is 7.87. The molecule has 2 saturated carbocycles. The minimum Gasteiger partial charge on any atom is -0.294 e. The van der Waals surface area contributed by atoms with Crippen LogP contribution in [-0.4, -0.2) is 5.78 Å². The molecule has 4 rings (SSSR count). The smallest absolute Gasteiger partial charge is 0.160 e. The summed E-state index contributed by atoms with van der Waals surface area (Å²) in [6, 6.07) is 2.41. The fraction of sp³-hybridized carbons (Fsp3) is 0.720. The van der Waals surface area contributed by atoms with Gasteiger partial charge in [-0.2, -0.15) is 0 Å². The highest BCUT2D eigenvalue weighted by Crippen LogP contribution is 2.68. The monoisotopic (exact) mass is 352 g/mol. The molecule has 0 heterocycles. The van der Waals surface area contributed by atoms with Crippen LogP contribution in [0.3, 0.4) is 0 Å². The zero-order valence-electron chi connectivity index (χ0n) is 17.9. The molecule has 0 saturated heterocycles. The first-order valence-corrected chi connectivity index (χ1v) is 10.7. The van der Waals surface area contributed by atoms with Crippen LogP contribution >= 0.6 is 0 Å². The van der Waals surface area contributed by atoms with Crippen LogP contribution in [0.5, 0.6) is 0 Å². The van der Waals surface area contributed by atoms with Gasteiger partial charge >= 0.3 is 0 Å². The van der Waals surface area contributed by atoms with E-state index in [1.54, 1.807) is 6.92 Å². The van der Waals surface area contributed by atoms with Crippen molar-refractivity contribution in [2.24, 2.45) is 22.7 Å². The number of benzene rings is 1. The molecule has 2 fully saturated rings. The predicted octanol–water partition coefficient (Wildman–Crippen LogP) is 6.56. The molecule has 0 aromatic heterocycles. The van der Waals surface area contributed by atoms with Crippen molar-refractivity contribution >= 4 is 5.78 Å². The van der Waals surface area contributed by atoms with E-state index in [1.807, 2.05) is 0 Å². The minimum atomic E-state index is 0.174. The molecule has 3 aliphatic rings. The molecular formula is C25H36O. The van der Waals surface area contributed by atoms with Crippen LogP contribution in [0.2, 0.25) is 0 Å². The Morgan fingerprint density at radius 3 is 2.38 bits per heavy atom. The van der Waals surface area contributed by atoms with Crippen LogP contribution in [0, 0.1) is 36.5 Å². The molecule has 0 amide bonds. The van der Waals surface area contributed by atoms with Gasteiger partial charge in [-0.15, -0.1) is 0 Å². The number of hydrogen-bond donors (Lipinski definition) is 0. The molecule has 0 spiro atoms. The van der Waals surface area contributed by atoms with E-state index in [0.29, 0.717) is 16.7 Å². The highest BCUT2D eigenvalue weighted by molar-refractivity contribution is 5.98. The summed E-state index contributed by atoms with van der Waals surface area (Å²) in [6.45, 7) is 16.2. The van der Waals surface area contributed by atoms with E-state index in [-0.39, 0.29) is 11.2 Å². The molecule has 142 valence electrons. The van der Waals surface area contributed by atoms with Crippen molar-refractivity contribution in [2.45, 2.75) is 92.4 Å². The van der Waals surface area contributed by atoms with Crippen molar-refractivity contribution in [3.63, 3.8) is 0 Å². The van der Waals surface area contributed by atoms with Gasteiger partial charge in [0.05, 0.1) is 0 Å². The van der Waals surface area contributed by atoms with Crippen LogP contribution in [-0.2, 0) is 11.8 Å². The van der Waals surface area contributed by atoms with Crippen LogP contribution in [0.15, 0.2) is 6.07 Å². The highest BCUT2D eigenvalue weighted by atomic mass is 16.1. The molecule has 0 N–H and O–H groups in total. The van der Waals surface area contributed by atoms with E-state index in [4.69, 9.17) is 0 Å². The predicted molar refractivity (Wildman–Crippen MR) is 109 cm³/mol. The number of Topliss-reactive ketones (excluding diaryl/α,β-unsaturated/α-hetero) is 1. The normalized spacial score (nSPS) is 37.7. The zero-order chi connectivity index (χ0) is 19.1. The highest BCUT2D eigenvalue weighted by Gasteiger charge is 2.61. The van der Waals surface area contributed by atoms with Gasteiger partial charge in [-0.1, -0.05) is 40.2 Å². The Morgan fingerprint density at radius 1 is 1.04 bits per heavy atom. The summed E-state index contributed by atoms with van der Waals surface area (Å²) >= 11 is 0. The quantitative estimate of drug-likeness (QED) is 0.523. The van der Waals surface area contributed by atoms with E-state index in [0.717, 1.165) is 11.5 Å². The van der Waals surface area contributed by atoms with E-state index >= 15 is 0 Å². The Bertz CT molecular complexity index is 786. The lowest BCUT2D eigenvalue weighted by Crippen LogP contribution is -2.55. The summed E-state index contributed by atoms with van der Waals surface area (Å²) in [5.41, 5.74) is 7.52.